The van der Waals surface area contributed by atoms with Crippen molar-refractivity contribution in [2.24, 2.45) is 0 Å². The summed E-state index contributed by atoms with van der Waals surface area (Å²) in [4.78, 5) is 17.7. The minimum atomic E-state index is -0.759. The normalized spacial score (nSPS) is 24.8. The van der Waals surface area contributed by atoms with Crippen LogP contribution in [0.15, 0.2) is 22.8 Å². The number of hydrogen-bond acceptors (Lipinski definition) is 3. The Morgan fingerprint density at radius 3 is 2.88 bits per heavy atom. The molecule has 0 bridgehead atoms. The van der Waals surface area contributed by atoms with E-state index < -0.39 is 5.60 Å². The lowest BCUT2D eigenvalue weighted by Crippen LogP contribution is -2.34. The first-order valence-electron chi connectivity index (χ1n) is 5.11. The van der Waals surface area contributed by atoms with Crippen molar-refractivity contribution in [3.8, 4) is 0 Å². The highest BCUT2D eigenvalue weighted by molar-refractivity contribution is 9.10. The van der Waals surface area contributed by atoms with Gasteiger partial charge in [0.05, 0.1) is 5.60 Å². The van der Waals surface area contributed by atoms with E-state index in [9.17, 15) is 9.90 Å². The molecule has 1 aromatic rings. The second-order valence-corrected chi connectivity index (χ2v) is 5.25. The summed E-state index contributed by atoms with van der Waals surface area (Å²) in [5.41, 5.74) is -0.341. The lowest BCUT2D eigenvalue weighted by molar-refractivity contribution is 0.0569. The molecule has 1 atom stereocenters. The van der Waals surface area contributed by atoms with Crippen molar-refractivity contribution in [1.29, 1.82) is 0 Å². The molecule has 4 nitrogen and oxygen atoms in total. The molecule has 1 aliphatic heterocycles. The van der Waals surface area contributed by atoms with Crippen molar-refractivity contribution in [2.45, 2.75) is 18.9 Å². The minimum Gasteiger partial charge on any atom is -0.388 e. The largest absolute Gasteiger partial charge is 0.388 e. The lowest BCUT2D eigenvalue weighted by Gasteiger charge is -2.18. The van der Waals surface area contributed by atoms with E-state index in [4.69, 9.17) is 0 Å². The molecule has 5 heteroatoms. The number of nitrogens with zero attached hydrogens (tertiary/aromatic N) is 2. The van der Waals surface area contributed by atoms with Gasteiger partial charge in [-0.05, 0) is 41.4 Å². The van der Waals surface area contributed by atoms with Gasteiger partial charge >= 0.3 is 0 Å². The molecule has 1 aliphatic rings. The van der Waals surface area contributed by atoms with Gasteiger partial charge in [-0.15, -0.1) is 0 Å². The monoisotopic (exact) mass is 284 g/mol. The van der Waals surface area contributed by atoms with Crippen LogP contribution in [0.1, 0.15) is 23.8 Å². The van der Waals surface area contributed by atoms with Gasteiger partial charge in [0.15, 0.2) is 0 Å². The molecule has 0 saturated carbocycles. The zero-order chi connectivity index (χ0) is 11.8. The fourth-order valence-electron chi connectivity index (χ4n) is 1.78. The summed E-state index contributed by atoms with van der Waals surface area (Å²) < 4.78 is 0.845. The van der Waals surface area contributed by atoms with E-state index >= 15 is 0 Å². The molecule has 0 radical (unpaired) electrons. The van der Waals surface area contributed by atoms with Crippen LogP contribution in [-0.2, 0) is 0 Å². The number of likely N-dealkylation sites (tertiary alicyclic amines) is 1. The lowest BCUT2D eigenvalue weighted by atomic mass is 10.1. The molecule has 1 aromatic heterocycles. The van der Waals surface area contributed by atoms with E-state index in [1.54, 1.807) is 30.2 Å². The Balaban J connectivity index is 2.12. The quantitative estimate of drug-likeness (QED) is 0.849. The number of carbonyl (C=O) groups excluding carboxylic acids is 1. The summed E-state index contributed by atoms with van der Waals surface area (Å²) in [7, 11) is 0. The van der Waals surface area contributed by atoms with Crippen LogP contribution in [-0.4, -0.2) is 39.6 Å². The highest BCUT2D eigenvalue weighted by atomic mass is 79.9. The average Bonchev–Trinajstić information content (AvgIpc) is 2.59. The maximum atomic E-state index is 12.0. The number of carbonyl (C=O) groups is 1. The van der Waals surface area contributed by atoms with Crippen LogP contribution in [0.3, 0.4) is 0 Å². The average molecular weight is 285 g/mol. The fraction of sp³-hybridized carbons (Fsp3) is 0.455. The molecule has 1 saturated heterocycles. The Kier molecular flexibility index (Phi) is 2.99. The SMILES string of the molecule is CC1(O)CCN(C(=O)c2ccc(Br)cn2)C1. The van der Waals surface area contributed by atoms with Crippen molar-refractivity contribution in [3.63, 3.8) is 0 Å². The van der Waals surface area contributed by atoms with Crippen LogP contribution in [0.4, 0.5) is 0 Å². The first-order valence-corrected chi connectivity index (χ1v) is 5.90. The summed E-state index contributed by atoms with van der Waals surface area (Å²) in [5.74, 6) is -0.120. The van der Waals surface area contributed by atoms with Crippen molar-refractivity contribution in [3.05, 3.63) is 28.5 Å². The van der Waals surface area contributed by atoms with Crippen LogP contribution < -0.4 is 0 Å². The zero-order valence-electron chi connectivity index (χ0n) is 8.98. The van der Waals surface area contributed by atoms with E-state index in [1.807, 2.05) is 0 Å². The van der Waals surface area contributed by atoms with Gasteiger partial charge in [0, 0.05) is 23.8 Å². The van der Waals surface area contributed by atoms with Crippen LogP contribution in [0.25, 0.3) is 0 Å². The summed E-state index contributed by atoms with van der Waals surface area (Å²) in [6, 6.07) is 3.47. The maximum absolute atomic E-state index is 12.0. The van der Waals surface area contributed by atoms with Crippen LogP contribution in [0.5, 0.6) is 0 Å². The Morgan fingerprint density at radius 1 is 1.62 bits per heavy atom. The summed E-state index contributed by atoms with van der Waals surface area (Å²) in [5, 5.41) is 9.78. The van der Waals surface area contributed by atoms with Crippen LogP contribution in [0.2, 0.25) is 0 Å². The Morgan fingerprint density at radius 2 is 2.38 bits per heavy atom. The Hall–Kier alpha value is -0.940. The predicted molar refractivity (Wildman–Crippen MR) is 63.1 cm³/mol. The van der Waals surface area contributed by atoms with E-state index in [2.05, 4.69) is 20.9 Å². The van der Waals surface area contributed by atoms with Gasteiger partial charge in [0.25, 0.3) is 5.91 Å². The Bertz CT molecular complexity index is 403. The number of aliphatic hydroxyl groups is 1. The molecule has 1 amide bonds. The van der Waals surface area contributed by atoms with Crippen molar-refractivity contribution in [2.75, 3.05) is 13.1 Å². The third-order valence-electron chi connectivity index (χ3n) is 2.69. The Labute approximate surface area is 102 Å². The van der Waals surface area contributed by atoms with Gasteiger partial charge in [-0.1, -0.05) is 0 Å². The van der Waals surface area contributed by atoms with Gasteiger partial charge in [-0.2, -0.15) is 0 Å². The molecule has 16 heavy (non-hydrogen) atoms. The molecule has 86 valence electrons. The standard InChI is InChI=1S/C11H13BrN2O2/c1-11(16)4-5-14(7-11)10(15)9-3-2-8(12)6-13-9/h2-3,6,16H,4-5,7H2,1H3. The fourth-order valence-corrected chi connectivity index (χ4v) is 2.02. The number of hydrogen-bond donors (Lipinski definition) is 1. The molecule has 1 unspecified atom stereocenters. The number of aromatic nitrogens is 1. The number of halogens is 1. The smallest absolute Gasteiger partial charge is 0.272 e. The second kappa shape index (κ2) is 4.14. The third kappa shape index (κ3) is 2.41. The van der Waals surface area contributed by atoms with Gasteiger partial charge in [0.1, 0.15) is 5.69 Å². The second-order valence-electron chi connectivity index (χ2n) is 4.34. The van der Waals surface area contributed by atoms with Crippen molar-refractivity contribution >= 4 is 21.8 Å². The first kappa shape index (κ1) is 11.5. The van der Waals surface area contributed by atoms with Gasteiger partial charge in [0.2, 0.25) is 0 Å². The third-order valence-corrected chi connectivity index (χ3v) is 3.15. The number of amides is 1. The molecular weight excluding hydrogens is 272 g/mol. The van der Waals surface area contributed by atoms with E-state index in [0.717, 1.165) is 4.47 Å². The summed E-state index contributed by atoms with van der Waals surface area (Å²) in [6.07, 6.45) is 2.22. The van der Waals surface area contributed by atoms with Crippen molar-refractivity contribution < 1.29 is 9.90 Å². The summed E-state index contributed by atoms with van der Waals surface area (Å²) in [6.45, 7) is 2.71. The molecule has 2 rings (SSSR count). The topological polar surface area (TPSA) is 53.4 Å². The van der Waals surface area contributed by atoms with E-state index in [1.165, 1.54) is 0 Å². The van der Waals surface area contributed by atoms with Crippen LogP contribution in [0, 0.1) is 0 Å². The van der Waals surface area contributed by atoms with Gasteiger partial charge < -0.3 is 10.0 Å². The van der Waals surface area contributed by atoms with Crippen LogP contribution >= 0.6 is 15.9 Å². The maximum Gasteiger partial charge on any atom is 0.272 e. The van der Waals surface area contributed by atoms with Gasteiger partial charge in [-0.25, -0.2) is 4.98 Å². The first-order chi connectivity index (χ1) is 7.48. The summed E-state index contributed by atoms with van der Waals surface area (Å²) >= 11 is 3.27. The number of β-amino-alcohol motifs (C(OH)–C–C–N with tert-alkyl or cyclic N) is 1. The molecule has 2 heterocycles. The van der Waals surface area contributed by atoms with E-state index in [-0.39, 0.29) is 5.91 Å². The predicted octanol–water partition coefficient (Wildman–Crippen LogP) is 1.44. The number of rotatable bonds is 1. The highest BCUT2D eigenvalue weighted by Gasteiger charge is 2.34. The molecule has 0 spiro atoms. The van der Waals surface area contributed by atoms with Crippen molar-refractivity contribution in [1.82, 2.24) is 9.88 Å². The highest BCUT2D eigenvalue weighted by Crippen LogP contribution is 2.21. The zero-order valence-corrected chi connectivity index (χ0v) is 10.6. The molecule has 0 aromatic carbocycles. The molecule has 1 fully saturated rings. The molecule has 0 aliphatic carbocycles. The molecule has 1 N–H and O–H groups in total. The number of pyridine rings is 1. The minimum absolute atomic E-state index is 0.120. The van der Waals surface area contributed by atoms with E-state index in [0.29, 0.717) is 25.2 Å². The molecular formula is C11H13BrN2O2. The van der Waals surface area contributed by atoms with Gasteiger partial charge in [-0.3, -0.25) is 4.79 Å².